The van der Waals surface area contributed by atoms with Crippen molar-refractivity contribution in [2.24, 2.45) is 0 Å². The molecule has 1 aliphatic rings. The Morgan fingerprint density at radius 2 is 1.90 bits per heavy atom. The lowest BCUT2D eigenvalue weighted by Crippen LogP contribution is -2.29. The van der Waals surface area contributed by atoms with E-state index >= 15 is 0 Å². The van der Waals surface area contributed by atoms with Gasteiger partial charge in [0.25, 0.3) is 0 Å². The molecular weight excluding hydrogens is 434 g/mol. The number of hydrogen-bond donors (Lipinski definition) is 2. The zero-order valence-corrected chi connectivity index (χ0v) is 18.1. The predicted octanol–water partition coefficient (Wildman–Crippen LogP) is 4.54. The molecule has 1 fully saturated rings. The topological polar surface area (TPSA) is 70.0 Å². The maximum atomic E-state index is 12.9. The molecule has 0 amide bonds. The number of phenolic OH excluding ortho intramolecular Hbond substituents is 1. The number of aliphatic hydroxyl groups is 1. The predicted molar refractivity (Wildman–Crippen MR) is 117 cm³/mol. The Balaban J connectivity index is 1.94. The van der Waals surface area contributed by atoms with Gasteiger partial charge in [-0.1, -0.05) is 40.6 Å². The number of rotatable bonds is 7. The molecule has 0 atom stereocenters. The fourth-order valence-electron chi connectivity index (χ4n) is 3.62. The molecule has 0 saturated carbocycles. The SMILES string of the molecule is COc1cc(CO)c(CN2CCCCC2)c(O)c1C(=O)C=Cc1ccc(Br)cc1. The van der Waals surface area contributed by atoms with Gasteiger partial charge in [0, 0.05) is 16.6 Å². The molecule has 0 unspecified atom stereocenters. The number of carbonyl (C=O) groups is 1. The smallest absolute Gasteiger partial charge is 0.193 e. The van der Waals surface area contributed by atoms with E-state index in [1.165, 1.54) is 19.6 Å². The molecule has 0 aliphatic carbocycles. The van der Waals surface area contributed by atoms with Crippen LogP contribution in [0, 0.1) is 0 Å². The zero-order chi connectivity index (χ0) is 20.8. The van der Waals surface area contributed by atoms with Crippen LogP contribution in [0.15, 0.2) is 40.9 Å². The van der Waals surface area contributed by atoms with Crippen molar-refractivity contribution in [2.75, 3.05) is 20.2 Å². The number of methoxy groups -OCH3 is 1. The van der Waals surface area contributed by atoms with Crippen molar-refractivity contribution < 1.29 is 19.7 Å². The molecule has 3 rings (SSSR count). The summed E-state index contributed by atoms with van der Waals surface area (Å²) in [5.74, 6) is -0.185. The summed E-state index contributed by atoms with van der Waals surface area (Å²) in [6, 6.07) is 9.23. The number of benzene rings is 2. The number of ketones is 1. The zero-order valence-electron chi connectivity index (χ0n) is 16.5. The van der Waals surface area contributed by atoms with E-state index in [0.717, 1.165) is 36.0 Å². The van der Waals surface area contributed by atoms with Crippen molar-refractivity contribution in [3.05, 3.63) is 63.1 Å². The van der Waals surface area contributed by atoms with Crippen molar-refractivity contribution in [3.63, 3.8) is 0 Å². The number of piperidine rings is 1. The number of allylic oxidation sites excluding steroid dienone is 1. The molecule has 6 heteroatoms. The first kappa shape index (κ1) is 21.6. The van der Waals surface area contributed by atoms with E-state index in [9.17, 15) is 15.0 Å². The maximum Gasteiger partial charge on any atom is 0.193 e. The molecule has 0 aromatic heterocycles. The van der Waals surface area contributed by atoms with Crippen LogP contribution in [0.25, 0.3) is 6.08 Å². The summed E-state index contributed by atoms with van der Waals surface area (Å²) in [5.41, 5.74) is 2.18. The van der Waals surface area contributed by atoms with Gasteiger partial charge in [-0.05, 0) is 61.3 Å². The number of likely N-dealkylation sites (tertiary alicyclic amines) is 1. The Morgan fingerprint density at radius 3 is 2.52 bits per heavy atom. The van der Waals surface area contributed by atoms with Crippen LogP contribution in [0.5, 0.6) is 11.5 Å². The summed E-state index contributed by atoms with van der Waals surface area (Å²) in [6.07, 6.45) is 6.59. The highest BCUT2D eigenvalue weighted by molar-refractivity contribution is 9.10. The summed E-state index contributed by atoms with van der Waals surface area (Å²) >= 11 is 3.39. The van der Waals surface area contributed by atoms with Gasteiger partial charge in [-0.2, -0.15) is 0 Å². The Bertz CT molecular complexity index is 887. The third-order valence-corrected chi connectivity index (χ3v) is 5.75. The molecule has 1 aliphatic heterocycles. The lowest BCUT2D eigenvalue weighted by molar-refractivity contribution is 0.104. The van der Waals surface area contributed by atoms with Crippen LogP contribution in [0.1, 0.15) is 46.3 Å². The number of carbonyl (C=O) groups excluding carboxylic acids is 1. The van der Waals surface area contributed by atoms with Gasteiger partial charge in [-0.3, -0.25) is 9.69 Å². The lowest BCUT2D eigenvalue weighted by Gasteiger charge is -2.28. The maximum absolute atomic E-state index is 12.9. The van der Waals surface area contributed by atoms with E-state index in [0.29, 0.717) is 17.7 Å². The van der Waals surface area contributed by atoms with Gasteiger partial charge < -0.3 is 14.9 Å². The first-order valence-electron chi connectivity index (χ1n) is 9.76. The second-order valence-corrected chi connectivity index (χ2v) is 8.10. The van der Waals surface area contributed by atoms with Crippen molar-refractivity contribution in [2.45, 2.75) is 32.4 Å². The monoisotopic (exact) mass is 459 g/mol. The van der Waals surface area contributed by atoms with Crippen molar-refractivity contribution in [1.29, 1.82) is 0 Å². The van der Waals surface area contributed by atoms with Gasteiger partial charge in [-0.25, -0.2) is 0 Å². The second kappa shape index (κ2) is 10.1. The summed E-state index contributed by atoms with van der Waals surface area (Å²) in [7, 11) is 1.45. The number of aliphatic hydroxyl groups excluding tert-OH is 1. The fraction of sp³-hybridized carbons (Fsp3) is 0.348. The molecule has 154 valence electrons. The van der Waals surface area contributed by atoms with Crippen LogP contribution in [0.3, 0.4) is 0 Å². The molecule has 1 heterocycles. The first-order valence-corrected chi connectivity index (χ1v) is 10.6. The third-order valence-electron chi connectivity index (χ3n) is 5.23. The highest BCUT2D eigenvalue weighted by Gasteiger charge is 2.24. The number of ether oxygens (including phenoxy) is 1. The van der Waals surface area contributed by atoms with Crippen LogP contribution in [0.4, 0.5) is 0 Å². The average molecular weight is 460 g/mol. The van der Waals surface area contributed by atoms with Gasteiger partial charge >= 0.3 is 0 Å². The fourth-order valence-corrected chi connectivity index (χ4v) is 3.89. The number of hydrogen-bond acceptors (Lipinski definition) is 5. The molecule has 0 spiro atoms. The highest BCUT2D eigenvalue weighted by Crippen LogP contribution is 2.36. The van der Waals surface area contributed by atoms with E-state index in [2.05, 4.69) is 20.8 Å². The van der Waals surface area contributed by atoms with Gasteiger partial charge in [0.05, 0.1) is 13.7 Å². The summed E-state index contributed by atoms with van der Waals surface area (Å²) in [6.45, 7) is 2.17. The Labute approximate surface area is 179 Å². The molecule has 2 aromatic carbocycles. The van der Waals surface area contributed by atoms with E-state index in [1.54, 1.807) is 12.1 Å². The van der Waals surface area contributed by atoms with Crippen LogP contribution in [0.2, 0.25) is 0 Å². The molecule has 0 bridgehead atoms. The number of aromatic hydroxyl groups is 1. The molecule has 29 heavy (non-hydrogen) atoms. The second-order valence-electron chi connectivity index (χ2n) is 7.18. The minimum atomic E-state index is -0.341. The highest BCUT2D eigenvalue weighted by atomic mass is 79.9. The molecular formula is C23H26BrNO4. The van der Waals surface area contributed by atoms with Gasteiger partial charge in [0.2, 0.25) is 0 Å². The Morgan fingerprint density at radius 1 is 1.21 bits per heavy atom. The number of phenols is 1. The third kappa shape index (κ3) is 5.26. The van der Waals surface area contributed by atoms with Crippen LogP contribution >= 0.6 is 15.9 Å². The lowest BCUT2D eigenvalue weighted by atomic mass is 9.97. The minimum Gasteiger partial charge on any atom is -0.507 e. The van der Waals surface area contributed by atoms with Crippen LogP contribution in [-0.4, -0.2) is 41.1 Å². The number of nitrogens with zero attached hydrogens (tertiary/aromatic N) is 1. The van der Waals surface area contributed by atoms with Crippen molar-refractivity contribution in [1.82, 2.24) is 4.90 Å². The average Bonchev–Trinajstić information content (AvgIpc) is 2.75. The van der Waals surface area contributed by atoms with Crippen molar-refractivity contribution >= 4 is 27.8 Å². The Hall–Kier alpha value is -2.15. The minimum absolute atomic E-state index is 0.107. The summed E-state index contributed by atoms with van der Waals surface area (Å²) in [4.78, 5) is 15.2. The molecule has 0 radical (unpaired) electrons. The van der Waals surface area contributed by atoms with E-state index in [-0.39, 0.29) is 29.5 Å². The molecule has 1 saturated heterocycles. The number of halogens is 1. The van der Waals surface area contributed by atoms with Crippen LogP contribution < -0.4 is 4.74 Å². The van der Waals surface area contributed by atoms with E-state index in [1.807, 2.05) is 24.3 Å². The molecule has 5 nitrogen and oxygen atoms in total. The van der Waals surface area contributed by atoms with Gasteiger partial charge in [0.1, 0.15) is 17.1 Å². The van der Waals surface area contributed by atoms with Crippen molar-refractivity contribution in [3.8, 4) is 11.5 Å². The van der Waals surface area contributed by atoms with Gasteiger partial charge in [0.15, 0.2) is 5.78 Å². The van der Waals surface area contributed by atoms with Crippen LogP contribution in [-0.2, 0) is 13.2 Å². The summed E-state index contributed by atoms with van der Waals surface area (Å²) < 4.78 is 6.32. The summed E-state index contributed by atoms with van der Waals surface area (Å²) in [5, 5.41) is 20.8. The van der Waals surface area contributed by atoms with E-state index < -0.39 is 0 Å². The normalized spacial score (nSPS) is 15.0. The molecule has 2 aromatic rings. The Kier molecular flexibility index (Phi) is 7.47. The standard InChI is InChI=1S/C23H26BrNO4/c1-29-21-13-17(15-26)19(14-25-11-3-2-4-12-25)23(28)22(21)20(27)10-7-16-5-8-18(24)9-6-16/h5-10,13,26,28H,2-4,11-12,14-15H2,1H3. The van der Waals surface area contributed by atoms with E-state index in [4.69, 9.17) is 4.74 Å². The quantitative estimate of drug-likeness (QED) is 0.469. The molecule has 2 N–H and O–H groups in total. The largest absolute Gasteiger partial charge is 0.507 e. The van der Waals surface area contributed by atoms with Gasteiger partial charge in [-0.15, -0.1) is 0 Å². The first-order chi connectivity index (χ1) is 14.0.